The Morgan fingerprint density at radius 3 is 2.50 bits per heavy atom. The first-order valence-corrected chi connectivity index (χ1v) is 8.19. The zero-order valence-electron chi connectivity index (χ0n) is 13.4. The number of benzene rings is 1. The number of piperidine rings is 1. The molecule has 0 bridgehead atoms. The minimum absolute atomic E-state index is 0.263. The fraction of sp³-hybridized carbons (Fsp3) is 0.353. The highest BCUT2D eigenvalue weighted by Gasteiger charge is 2.35. The number of aromatic nitrogens is 2. The molecule has 24 heavy (non-hydrogen) atoms. The van der Waals surface area contributed by atoms with Crippen LogP contribution in [0.15, 0.2) is 36.4 Å². The van der Waals surface area contributed by atoms with Gasteiger partial charge in [0.15, 0.2) is 11.5 Å². The van der Waals surface area contributed by atoms with Crippen LogP contribution in [0.1, 0.15) is 28.9 Å². The number of hydrogen-bond donors (Lipinski definition) is 2. The molecule has 1 fully saturated rings. The lowest BCUT2D eigenvalue weighted by molar-refractivity contribution is 0.0117. The number of amides is 1. The molecule has 0 spiro atoms. The van der Waals surface area contributed by atoms with Gasteiger partial charge in [-0.15, -0.1) is 10.2 Å². The molecule has 7 heteroatoms. The molecule has 1 aliphatic rings. The van der Waals surface area contributed by atoms with E-state index in [0.717, 1.165) is 5.56 Å². The Labute approximate surface area is 145 Å². The molecular formula is C17H19ClN4O2. The first-order valence-electron chi connectivity index (χ1n) is 7.82. The van der Waals surface area contributed by atoms with Crippen LogP contribution >= 0.6 is 11.6 Å². The summed E-state index contributed by atoms with van der Waals surface area (Å²) in [6, 6.07) is 10.8. The second kappa shape index (κ2) is 6.75. The molecule has 0 radical (unpaired) electrons. The van der Waals surface area contributed by atoms with Gasteiger partial charge in [-0.2, -0.15) is 0 Å². The van der Waals surface area contributed by atoms with Gasteiger partial charge in [0.05, 0.1) is 5.60 Å². The van der Waals surface area contributed by atoms with Gasteiger partial charge in [0, 0.05) is 30.7 Å². The van der Waals surface area contributed by atoms with Crippen LogP contribution < -0.4 is 10.2 Å². The van der Waals surface area contributed by atoms with Gasteiger partial charge in [-0.1, -0.05) is 29.8 Å². The van der Waals surface area contributed by atoms with E-state index in [4.69, 9.17) is 11.6 Å². The quantitative estimate of drug-likeness (QED) is 0.888. The van der Waals surface area contributed by atoms with Gasteiger partial charge in [-0.25, -0.2) is 0 Å². The van der Waals surface area contributed by atoms with Crippen LogP contribution in [0.5, 0.6) is 0 Å². The molecule has 1 aromatic carbocycles. The monoisotopic (exact) mass is 346 g/mol. The van der Waals surface area contributed by atoms with Crippen LogP contribution in [-0.4, -0.2) is 41.3 Å². The molecule has 2 N–H and O–H groups in total. The zero-order valence-corrected chi connectivity index (χ0v) is 14.1. The third-order valence-electron chi connectivity index (χ3n) is 4.40. The number of anilines is 1. The number of hydrogen-bond acceptors (Lipinski definition) is 5. The third-order valence-corrected chi connectivity index (χ3v) is 4.73. The molecule has 2 heterocycles. The molecule has 1 amide bonds. The summed E-state index contributed by atoms with van der Waals surface area (Å²) in [5, 5.41) is 22.1. The van der Waals surface area contributed by atoms with Crippen LogP contribution in [0, 0.1) is 0 Å². The van der Waals surface area contributed by atoms with Crippen molar-refractivity contribution in [3.05, 3.63) is 52.7 Å². The molecule has 1 saturated heterocycles. The number of carbonyl (C=O) groups excluding carboxylic acids is 1. The van der Waals surface area contributed by atoms with E-state index in [9.17, 15) is 9.90 Å². The van der Waals surface area contributed by atoms with Gasteiger partial charge >= 0.3 is 0 Å². The van der Waals surface area contributed by atoms with Gasteiger partial charge in [-0.05, 0) is 31.0 Å². The van der Waals surface area contributed by atoms with Crippen LogP contribution in [-0.2, 0) is 5.60 Å². The van der Waals surface area contributed by atoms with Crippen molar-refractivity contribution in [2.45, 2.75) is 18.4 Å². The largest absolute Gasteiger partial charge is 0.385 e. The number of carbonyl (C=O) groups is 1. The van der Waals surface area contributed by atoms with E-state index in [2.05, 4.69) is 15.5 Å². The number of aliphatic hydroxyl groups is 1. The maximum atomic E-state index is 11.5. The summed E-state index contributed by atoms with van der Waals surface area (Å²) < 4.78 is 0. The molecule has 126 valence electrons. The van der Waals surface area contributed by atoms with E-state index in [1.165, 1.54) is 0 Å². The third kappa shape index (κ3) is 3.20. The highest BCUT2D eigenvalue weighted by Crippen LogP contribution is 2.37. The van der Waals surface area contributed by atoms with Crippen molar-refractivity contribution in [1.82, 2.24) is 15.5 Å². The zero-order chi connectivity index (χ0) is 17.2. The van der Waals surface area contributed by atoms with Crippen LogP contribution in [0.2, 0.25) is 5.02 Å². The molecule has 3 rings (SSSR count). The van der Waals surface area contributed by atoms with E-state index in [1.54, 1.807) is 25.2 Å². The Bertz CT molecular complexity index is 728. The summed E-state index contributed by atoms with van der Waals surface area (Å²) in [5.41, 5.74) is 0.128. The van der Waals surface area contributed by atoms with E-state index >= 15 is 0 Å². The lowest BCUT2D eigenvalue weighted by Crippen LogP contribution is -2.43. The average Bonchev–Trinajstić information content (AvgIpc) is 2.62. The summed E-state index contributed by atoms with van der Waals surface area (Å²) >= 11 is 6.23. The fourth-order valence-corrected chi connectivity index (χ4v) is 3.27. The van der Waals surface area contributed by atoms with Crippen molar-refractivity contribution >= 4 is 23.3 Å². The second-order valence-corrected chi connectivity index (χ2v) is 6.26. The Morgan fingerprint density at radius 1 is 1.21 bits per heavy atom. The van der Waals surface area contributed by atoms with E-state index in [1.807, 2.05) is 23.1 Å². The van der Waals surface area contributed by atoms with Crippen molar-refractivity contribution in [3.63, 3.8) is 0 Å². The smallest absolute Gasteiger partial charge is 0.271 e. The molecule has 0 saturated carbocycles. The molecule has 0 atom stereocenters. The number of halogens is 1. The van der Waals surface area contributed by atoms with E-state index in [0.29, 0.717) is 36.8 Å². The molecule has 0 unspecified atom stereocenters. The number of rotatable bonds is 3. The molecule has 2 aromatic rings. The van der Waals surface area contributed by atoms with Crippen molar-refractivity contribution in [1.29, 1.82) is 0 Å². The summed E-state index contributed by atoms with van der Waals surface area (Å²) in [7, 11) is 1.55. The number of nitrogens with one attached hydrogen (secondary N) is 1. The van der Waals surface area contributed by atoms with E-state index in [-0.39, 0.29) is 11.6 Å². The predicted octanol–water partition coefficient (Wildman–Crippen LogP) is 1.98. The van der Waals surface area contributed by atoms with Crippen LogP contribution in [0.3, 0.4) is 0 Å². The molecular weight excluding hydrogens is 328 g/mol. The normalized spacial score (nSPS) is 16.7. The van der Waals surface area contributed by atoms with Crippen molar-refractivity contribution in [2.24, 2.45) is 0 Å². The molecule has 6 nitrogen and oxygen atoms in total. The molecule has 0 aliphatic carbocycles. The highest BCUT2D eigenvalue weighted by atomic mass is 35.5. The Morgan fingerprint density at radius 2 is 1.92 bits per heavy atom. The maximum Gasteiger partial charge on any atom is 0.271 e. The van der Waals surface area contributed by atoms with Crippen molar-refractivity contribution in [2.75, 3.05) is 25.0 Å². The minimum Gasteiger partial charge on any atom is -0.385 e. The molecule has 1 aliphatic heterocycles. The highest BCUT2D eigenvalue weighted by molar-refractivity contribution is 6.31. The van der Waals surface area contributed by atoms with Gasteiger partial charge in [0.2, 0.25) is 0 Å². The summed E-state index contributed by atoms with van der Waals surface area (Å²) in [6.45, 7) is 1.27. The van der Waals surface area contributed by atoms with Crippen LogP contribution in [0.25, 0.3) is 0 Å². The lowest BCUT2D eigenvalue weighted by Gasteiger charge is -2.39. The predicted molar refractivity (Wildman–Crippen MR) is 92.2 cm³/mol. The van der Waals surface area contributed by atoms with Crippen LogP contribution in [0.4, 0.5) is 5.82 Å². The van der Waals surface area contributed by atoms with Gasteiger partial charge in [-0.3, -0.25) is 4.79 Å². The van der Waals surface area contributed by atoms with Gasteiger partial charge < -0.3 is 15.3 Å². The first kappa shape index (κ1) is 16.7. The summed E-state index contributed by atoms with van der Waals surface area (Å²) in [4.78, 5) is 13.5. The standard InChI is InChI=1S/C17H19ClN4O2/c1-19-16(23)14-6-7-15(21-20-14)22-10-8-17(24,9-11-22)12-4-2-3-5-13(12)18/h2-7,24H,8-11H2,1H3,(H,19,23). The second-order valence-electron chi connectivity index (χ2n) is 5.85. The SMILES string of the molecule is CNC(=O)c1ccc(N2CCC(O)(c3ccccc3Cl)CC2)nn1. The fourth-order valence-electron chi connectivity index (χ4n) is 2.96. The van der Waals surface area contributed by atoms with Gasteiger partial charge in [0.1, 0.15) is 0 Å². The Hall–Kier alpha value is -2.18. The Kier molecular flexibility index (Phi) is 4.69. The topological polar surface area (TPSA) is 78.4 Å². The molecule has 1 aromatic heterocycles. The number of nitrogens with zero attached hydrogens (tertiary/aromatic N) is 3. The van der Waals surface area contributed by atoms with E-state index < -0.39 is 5.60 Å². The van der Waals surface area contributed by atoms with Crippen molar-refractivity contribution < 1.29 is 9.90 Å². The summed E-state index contributed by atoms with van der Waals surface area (Å²) in [6.07, 6.45) is 1.10. The average molecular weight is 347 g/mol. The van der Waals surface area contributed by atoms with Gasteiger partial charge in [0.25, 0.3) is 5.91 Å². The minimum atomic E-state index is -0.926. The maximum absolute atomic E-state index is 11.5. The lowest BCUT2D eigenvalue weighted by atomic mass is 9.84. The Balaban J connectivity index is 1.71. The first-order chi connectivity index (χ1) is 11.5. The van der Waals surface area contributed by atoms with Crippen molar-refractivity contribution in [3.8, 4) is 0 Å². The summed E-state index contributed by atoms with van der Waals surface area (Å²) in [5.74, 6) is 0.435.